The molecule has 1 aromatic carbocycles. The van der Waals surface area contributed by atoms with E-state index in [9.17, 15) is 14.0 Å². The maximum atomic E-state index is 13.5. The number of benzene rings is 1. The van der Waals surface area contributed by atoms with Gasteiger partial charge in [-0.3, -0.25) is 9.59 Å². The van der Waals surface area contributed by atoms with Gasteiger partial charge in [-0.1, -0.05) is 12.1 Å². The Morgan fingerprint density at radius 1 is 1.26 bits per heavy atom. The highest BCUT2D eigenvalue weighted by Gasteiger charge is 2.29. The van der Waals surface area contributed by atoms with Crippen LogP contribution < -0.4 is 5.32 Å². The van der Waals surface area contributed by atoms with Crippen molar-refractivity contribution in [1.29, 1.82) is 0 Å². The number of nitrogens with zero attached hydrogens (tertiary/aromatic N) is 1. The lowest BCUT2D eigenvalue weighted by Crippen LogP contribution is -2.48. The second-order valence-corrected chi connectivity index (χ2v) is 6.58. The molecule has 1 fully saturated rings. The average molecular weight is 332 g/mol. The lowest BCUT2D eigenvalue weighted by atomic mass is 10.0. The molecule has 1 saturated heterocycles. The summed E-state index contributed by atoms with van der Waals surface area (Å²) in [6.45, 7) is 3.32. The van der Waals surface area contributed by atoms with E-state index in [0.717, 1.165) is 5.56 Å². The molecule has 1 aromatic heterocycles. The highest BCUT2D eigenvalue weighted by atomic mass is 32.1. The van der Waals surface area contributed by atoms with Gasteiger partial charge in [0.15, 0.2) is 5.78 Å². The molecule has 2 aromatic rings. The van der Waals surface area contributed by atoms with E-state index in [1.165, 1.54) is 30.4 Å². The van der Waals surface area contributed by atoms with Crippen molar-refractivity contribution in [3.8, 4) is 0 Å². The van der Waals surface area contributed by atoms with E-state index < -0.39 is 0 Å². The molecule has 23 heavy (non-hydrogen) atoms. The van der Waals surface area contributed by atoms with Crippen molar-refractivity contribution < 1.29 is 14.0 Å². The van der Waals surface area contributed by atoms with Gasteiger partial charge in [-0.05, 0) is 36.8 Å². The zero-order valence-electron chi connectivity index (χ0n) is 12.7. The van der Waals surface area contributed by atoms with Crippen LogP contribution in [-0.4, -0.2) is 36.2 Å². The van der Waals surface area contributed by atoms with Crippen LogP contribution >= 0.6 is 11.3 Å². The Labute approximate surface area is 137 Å². The van der Waals surface area contributed by atoms with E-state index in [4.69, 9.17) is 0 Å². The molecule has 1 N–H and O–H groups in total. The lowest BCUT2D eigenvalue weighted by molar-refractivity contribution is 0.0639. The van der Waals surface area contributed by atoms with Gasteiger partial charge in [0.05, 0.1) is 15.8 Å². The minimum absolute atomic E-state index is 0.0453. The molecular weight excluding hydrogens is 315 g/mol. The Balaban J connectivity index is 1.88. The van der Waals surface area contributed by atoms with E-state index in [1.807, 2.05) is 6.07 Å². The first-order valence-electron chi connectivity index (χ1n) is 7.44. The fraction of sp³-hybridized carbons (Fsp3) is 0.294. The summed E-state index contributed by atoms with van der Waals surface area (Å²) in [6.07, 6.45) is 0. The van der Waals surface area contributed by atoms with Crippen LogP contribution in [0, 0.1) is 5.82 Å². The van der Waals surface area contributed by atoms with Gasteiger partial charge in [0, 0.05) is 19.6 Å². The fourth-order valence-electron chi connectivity index (χ4n) is 2.74. The van der Waals surface area contributed by atoms with Crippen LogP contribution in [0.2, 0.25) is 0 Å². The second kappa shape index (κ2) is 6.60. The molecular formula is C17H17FN2O2S. The molecule has 0 bridgehead atoms. The highest BCUT2D eigenvalue weighted by Crippen LogP contribution is 2.27. The Morgan fingerprint density at radius 2 is 2.04 bits per heavy atom. The van der Waals surface area contributed by atoms with Crippen molar-refractivity contribution in [3.05, 3.63) is 57.5 Å². The van der Waals surface area contributed by atoms with E-state index in [0.29, 0.717) is 29.4 Å². The number of ketones is 1. The molecule has 120 valence electrons. The van der Waals surface area contributed by atoms with Gasteiger partial charge < -0.3 is 10.2 Å². The van der Waals surface area contributed by atoms with Gasteiger partial charge in [-0.25, -0.2) is 4.39 Å². The third kappa shape index (κ3) is 3.33. The summed E-state index contributed by atoms with van der Waals surface area (Å²) in [7, 11) is 0. The van der Waals surface area contributed by atoms with Gasteiger partial charge in [0.2, 0.25) is 0 Å². The molecule has 6 heteroatoms. The number of halogens is 1. The first-order chi connectivity index (χ1) is 11.1. The number of carbonyl (C=O) groups excluding carboxylic acids is 2. The highest BCUT2D eigenvalue weighted by molar-refractivity contribution is 7.15. The molecule has 1 aliphatic rings. The Hall–Kier alpha value is -2.05. The van der Waals surface area contributed by atoms with Crippen LogP contribution in [0.15, 0.2) is 36.4 Å². The fourth-order valence-corrected chi connectivity index (χ4v) is 3.60. The minimum atomic E-state index is -0.310. The summed E-state index contributed by atoms with van der Waals surface area (Å²) in [5.74, 6) is -0.468. The van der Waals surface area contributed by atoms with Crippen molar-refractivity contribution in [3.63, 3.8) is 0 Å². The summed E-state index contributed by atoms with van der Waals surface area (Å²) in [5.41, 5.74) is 0.772. The van der Waals surface area contributed by atoms with E-state index in [1.54, 1.807) is 23.1 Å². The number of nitrogens with one attached hydrogen (secondary N) is 1. The van der Waals surface area contributed by atoms with Crippen molar-refractivity contribution in [2.75, 3.05) is 19.6 Å². The van der Waals surface area contributed by atoms with Crippen LogP contribution in [0.4, 0.5) is 4.39 Å². The van der Waals surface area contributed by atoms with Crippen molar-refractivity contribution in [2.45, 2.75) is 13.0 Å². The topological polar surface area (TPSA) is 49.4 Å². The third-order valence-corrected chi connectivity index (χ3v) is 5.08. The molecule has 1 atom stereocenters. The zero-order valence-corrected chi connectivity index (χ0v) is 13.5. The molecule has 1 unspecified atom stereocenters. The molecule has 1 aliphatic heterocycles. The number of Topliss-reactive ketones (excluding diaryl/α,β-unsaturated/α-hetero) is 1. The third-order valence-electron chi connectivity index (χ3n) is 3.90. The van der Waals surface area contributed by atoms with Gasteiger partial charge in [0.25, 0.3) is 5.91 Å². The Kier molecular flexibility index (Phi) is 4.54. The predicted octanol–water partition coefficient (Wildman–Crippen LogP) is 2.88. The standard InChI is InChI=1S/C17H17FN2O2S/c1-11(21)15-5-6-16(23-15)17(22)20-8-7-19-10-14(20)12-3-2-4-13(18)9-12/h2-6,9,14,19H,7-8,10H2,1H3. The summed E-state index contributed by atoms with van der Waals surface area (Å²) in [4.78, 5) is 27.1. The molecule has 1 amide bonds. The van der Waals surface area contributed by atoms with Gasteiger partial charge >= 0.3 is 0 Å². The summed E-state index contributed by atoms with van der Waals surface area (Å²) < 4.78 is 13.5. The van der Waals surface area contributed by atoms with Gasteiger partial charge in [0.1, 0.15) is 5.82 Å². The summed E-state index contributed by atoms with van der Waals surface area (Å²) in [5, 5.41) is 3.25. The molecule has 2 heterocycles. The molecule has 0 spiro atoms. The van der Waals surface area contributed by atoms with Crippen molar-refractivity contribution >= 4 is 23.0 Å². The maximum absolute atomic E-state index is 13.5. The Bertz CT molecular complexity index is 744. The molecule has 0 saturated carbocycles. The van der Waals surface area contributed by atoms with Crippen molar-refractivity contribution in [2.24, 2.45) is 0 Å². The van der Waals surface area contributed by atoms with Gasteiger partial charge in [-0.2, -0.15) is 0 Å². The number of thiophene rings is 1. The molecule has 0 radical (unpaired) electrons. The first kappa shape index (κ1) is 15.8. The second-order valence-electron chi connectivity index (χ2n) is 5.49. The summed E-state index contributed by atoms with van der Waals surface area (Å²) in [6, 6.07) is 9.50. The van der Waals surface area contributed by atoms with Crippen LogP contribution in [-0.2, 0) is 0 Å². The van der Waals surface area contributed by atoms with E-state index >= 15 is 0 Å². The van der Waals surface area contributed by atoms with Crippen molar-refractivity contribution in [1.82, 2.24) is 10.2 Å². The SMILES string of the molecule is CC(=O)c1ccc(C(=O)N2CCNCC2c2cccc(F)c2)s1. The monoisotopic (exact) mass is 332 g/mol. The Morgan fingerprint density at radius 3 is 2.74 bits per heavy atom. The lowest BCUT2D eigenvalue weighted by Gasteiger charge is -2.36. The number of hydrogen-bond donors (Lipinski definition) is 1. The average Bonchev–Trinajstić information content (AvgIpc) is 3.04. The van der Waals surface area contributed by atoms with E-state index in [2.05, 4.69) is 5.32 Å². The first-order valence-corrected chi connectivity index (χ1v) is 8.26. The molecule has 3 rings (SSSR count). The molecule has 4 nitrogen and oxygen atoms in total. The van der Waals surface area contributed by atoms with E-state index in [-0.39, 0.29) is 23.5 Å². The largest absolute Gasteiger partial charge is 0.328 e. The van der Waals surface area contributed by atoms with Crippen LogP contribution in [0.5, 0.6) is 0 Å². The van der Waals surface area contributed by atoms with Crippen LogP contribution in [0.3, 0.4) is 0 Å². The number of carbonyl (C=O) groups is 2. The van der Waals surface area contributed by atoms with Crippen LogP contribution in [0.25, 0.3) is 0 Å². The van der Waals surface area contributed by atoms with Crippen LogP contribution in [0.1, 0.15) is 37.9 Å². The molecule has 0 aliphatic carbocycles. The van der Waals surface area contributed by atoms with Gasteiger partial charge in [-0.15, -0.1) is 11.3 Å². The number of hydrogen-bond acceptors (Lipinski definition) is 4. The predicted molar refractivity (Wildman–Crippen MR) is 87.4 cm³/mol. The quantitative estimate of drug-likeness (QED) is 0.879. The number of rotatable bonds is 3. The summed E-state index contributed by atoms with van der Waals surface area (Å²) >= 11 is 1.21. The normalized spacial score (nSPS) is 18.0. The number of piperazine rings is 1. The minimum Gasteiger partial charge on any atom is -0.328 e. The smallest absolute Gasteiger partial charge is 0.264 e. The number of amides is 1. The maximum Gasteiger partial charge on any atom is 0.264 e. The zero-order chi connectivity index (χ0) is 16.4.